The van der Waals surface area contributed by atoms with Gasteiger partial charge in [0.1, 0.15) is 0 Å². The van der Waals surface area contributed by atoms with Crippen LogP contribution in [0.15, 0.2) is 59.1 Å². The molecule has 1 N–H and O–H groups in total. The van der Waals surface area contributed by atoms with Crippen LogP contribution in [-0.2, 0) is 4.79 Å². The average Bonchev–Trinajstić information content (AvgIpc) is 2.44. The second kappa shape index (κ2) is 7.18. The van der Waals surface area contributed by atoms with Crippen molar-refractivity contribution in [2.75, 3.05) is 5.32 Å². The topological polar surface area (TPSA) is 46.2 Å². The molecule has 0 fully saturated rings. The van der Waals surface area contributed by atoms with Gasteiger partial charge in [-0.05, 0) is 67.4 Å². The zero-order valence-corrected chi connectivity index (χ0v) is 14.0. The van der Waals surface area contributed by atoms with Crippen LogP contribution >= 0.6 is 15.9 Å². The van der Waals surface area contributed by atoms with Gasteiger partial charge in [0.05, 0.1) is 0 Å². The Kier molecular flexibility index (Phi) is 5.28. The second-order valence-corrected chi connectivity index (χ2v) is 5.99. The lowest BCUT2D eigenvalue weighted by Gasteiger charge is -2.05. The van der Waals surface area contributed by atoms with Gasteiger partial charge in [-0.15, -0.1) is 0 Å². The van der Waals surface area contributed by atoms with E-state index in [1.54, 1.807) is 24.3 Å². The van der Waals surface area contributed by atoms with Gasteiger partial charge < -0.3 is 5.32 Å². The number of hydrogen-bond acceptors (Lipinski definition) is 2. The van der Waals surface area contributed by atoms with E-state index in [1.165, 1.54) is 12.2 Å². The van der Waals surface area contributed by atoms with E-state index in [1.807, 2.05) is 32.0 Å². The van der Waals surface area contributed by atoms with Gasteiger partial charge >= 0.3 is 0 Å². The third kappa shape index (κ3) is 4.67. The molecule has 0 spiro atoms. The third-order valence-corrected chi connectivity index (χ3v) is 3.53. The van der Waals surface area contributed by atoms with Gasteiger partial charge in [0.25, 0.3) is 0 Å². The number of carbonyl (C=O) groups excluding carboxylic acids is 2. The Hall–Kier alpha value is -2.20. The van der Waals surface area contributed by atoms with Crippen LogP contribution in [0.5, 0.6) is 0 Å². The Bertz CT molecular complexity index is 713. The first kappa shape index (κ1) is 16.2. The van der Waals surface area contributed by atoms with E-state index in [-0.39, 0.29) is 11.7 Å². The molecule has 0 unspecified atom stereocenters. The molecular formula is C18H16BrNO2. The largest absolute Gasteiger partial charge is 0.322 e. The molecule has 0 radical (unpaired) electrons. The number of nitrogens with one attached hydrogen (secondary N) is 1. The summed E-state index contributed by atoms with van der Waals surface area (Å²) in [4.78, 5) is 23.8. The minimum Gasteiger partial charge on any atom is -0.322 e. The van der Waals surface area contributed by atoms with Crippen LogP contribution < -0.4 is 5.32 Å². The first-order valence-electron chi connectivity index (χ1n) is 6.81. The number of carbonyl (C=O) groups is 2. The van der Waals surface area contributed by atoms with Crippen molar-refractivity contribution in [3.8, 4) is 0 Å². The molecular weight excluding hydrogens is 342 g/mol. The molecule has 3 nitrogen and oxygen atoms in total. The van der Waals surface area contributed by atoms with E-state index in [4.69, 9.17) is 0 Å². The minimum absolute atomic E-state index is 0.205. The summed E-state index contributed by atoms with van der Waals surface area (Å²) in [6, 6.07) is 12.8. The summed E-state index contributed by atoms with van der Waals surface area (Å²) in [5, 5.41) is 2.75. The molecule has 112 valence electrons. The van der Waals surface area contributed by atoms with Crippen molar-refractivity contribution in [3.05, 3.63) is 75.8 Å². The maximum absolute atomic E-state index is 11.9. The minimum atomic E-state index is -0.324. The highest BCUT2D eigenvalue weighted by molar-refractivity contribution is 9.10. The van der Waals surface area contributed by atoms with Crippen molar-refractivity contribution in [1.82, 2.24) is 0 Å². The maximum Gasteiger partial charge on any atom is 0.248 e. The molecule has 0 aliphatic carbocycles. The number of allylic oxidation sites excluding steroid dienone is 1. The highest BCUT2D eigenvalue weighted by Gasteiger charge is 2.04. The standard InChI is InChI=1S/C18H16BrNO2/c1-12-9-13(2)11-16(10-12)20-18(22)8-7-17(21)14-3-5-15(19)6-4-14/h3-11H,1-2H3,(H,20,22)/b8-7+. The van der Waals surface area contributed by atoms with Crippen molar-refractivity contribution in [2.24, 2.45) is 0 Å². The Morgan fingerprint density at radius 2 is 1.55 bits per heavy atom. The summed E-state index contributed by atoms with van der Waals surface area (Å²) < 4.78 is 0.903. The molecule has 2 aromatic rings. The van der Waals surface area contributed by atoms with Crippen molar-refractivity contribution in [3.63, 3.8) is 0 Å². The van der Waals surface area contributed by atoms with Crippen molar-refractivity contribution in [1.29, 1.82) is 0 Å². The Labute approximate surface area is 138 Å². The predicted molar refractivity (Wildman–Crippen MR) is 92.2 cm³/mol. The Morgan fingerprint density at radius 1 is 0.955 bits per heavy atom. The molecule has 0 aliphatic rings. The fourth-order valence-corrected chi connectivity index (χ4v) is 2.36. The SMILES string of the molecule is Cc1cc(C)cc(NC(=O)/C=C/C(=O)c2ccc(Br)cc2)c1. The highest BCUT2D eigenvalue weighted by Crippen LogP contribution is 2.14. The molecule has 0 saturated heterocycles. The van der Waals surface area contributed by atoms with Crippen LogP contribution in [0.2, 0.25) is 0 Å². The molecule has 2 aromatic carbocycles. The first-order chi connectivity index (χ1) is 10.4. The van der Waals surface area contributed by atoms with E-state index < -0.39 is 0 Å². The number of rotatable bonds is 4. The maximum atomic E-state index is 11.9. The number of benzene rings is 2. The average molecular weight is 358 g/mol. The summed E-state index contributed by atoms with van der Waals surface area (Å²) in [5.74, 6) is -0.529. The van der Waals surface area contributed by atoms with Gasteiger partial charge in [-0.25, -0.2) is 0 Å². The molecule has 2 rings (SSSR count). The zero-order chi connectivity index (χ0) is 16.1. The summed E-state index contributed by atoms with van der Waals surface area (Å²) >= 11 is 3.31. The lowest BCUT2D eigenvalue weighted by Crippen LogP contribution is -2.09. The number of ketones is 1. The van der Waals surface area contributed by atoms with Crippen molar-refractivity contribution >= 4 is 33.3 Å². The number of hydrogen-bond donors (Lipinski definition) is 1. The van der Waals surface area contributed by atoms with Crippen molar-refractivity contribution in [2.45, 2.75) is 13.8 Å². The molecule has 22 heavy (non-hydrogen) atoms. The number of anilines is 1. The number of halogens is 1. The lowest BCUT2D eigenvalue weighted by atomic mass is 10.1. The molecule has 0 saturated carbocycles. The van der Waals surface area contributed by atoms with E-state index in [2.05, 4.69) is 21.2 Å². The number of aryl methyl sites for hydroxylation is 2. The van der Waals surface area contributed by atoms with Crippen LogP contribution in [0.25, 0.3) is 0 Å². The normalized spacial score (nSPS) is 10.7. The first-order valence-corrected chi connectivity index (χ1v) is 7.60. The fourth-order valence-electron chi connectivity index (χ4n) is 2.09. The molecule has 0 aliphatic heterocycles. The molecule has 0 bridgehead atoms. The fraction of sp³-hybridized carbons (Fsp3) is 0.111. The lowest BCUT2D eigenvalue weighted by molar-refractivity contribution is -0.111. The van der Waals surface area contributed by atoms with Crippen LogP contribution in [0.4, 0.5) is 5.69 Å². The molecule has 0 aromatic heterocycles. The number of amides is 1. The van der Waals surface area contributed by atoms with E-state index in [9.17, 15) is 9.59 Å². The highest BCUT2D eigenvalue weighted by atomic mass is 79.9. The molecule has 4 heteroatoms. The quantitative estimate of drug-likeness (QED) is 0.649. The van der Waals surface area contributed by atoms with E-state index in [0.717, 1.165) is 21.3 Å². The van der Waals surface area contributed by atoms with Crippen LogP contribution in [0, 0.1) is 13.8 Å². The molecule has 0 atom stereocenters. The zero-order valence-electron chi connectivity index (χ0n) is 12.4. The van der Waals surface area contributed by atoms with Crippen LogP contribution in [0.1, 0.15) is 21.5 Å². The Morgan fingerprint density at radius 3 is 2.14 bits per heavy atom. The van der Waals surface area contributed by atoms with Gasteiger partial charge in [-0.1, -0.05) is 22.0 Å². The second-order valence-electron chi connectivity index (χ2n) is 5.07. The van der Waals surface area contributed by atoms with Crippen LogP contribution in [0.3, 0.4) is 0 Å². The molecule has 1 amide bonds. The van der Waals surface area contributed by atoms with Gasteiger partial charge in [0.2, 0.25) is 5.91 Å². The van der Waals surface area contributed by atoms with Crippen molar-refractivity contribution < 1.29 is 9.59 Å². The van der Waals surface area contributed by atoms with Gasteiger partial charge in [-0.3, -0.25) is 9.59 Å². The molecule has 0 heterocycles. The predicted octanol–water partition coefficient (Wildman–Crippen LogP) is 4.44. The van der Waals surface area contributed by atoms with Crippen LogP contribution in [-0.4, -0.2) is 11.7 Å². The summed E-state index contributed by atoms with van der Waals surface area (Å²) in [5.41, 5.74) is 3.41. The third-order valence-electron chi connectivity index (χ3n) is 3.00. The van der Waals surface area contributed by atoms with Gasteiger partial charge in [0.15, 0.2) is 5.78 Å². The monoisotopic (exact) mass is 357 g/mol. The van der Waals surface area contributed by atoms with Gasteiger partial charge in [0, 0.05) is 21.8 Å². The summed E-state index contributed by atoms with van der Waals surface area (Å²) in [6.45, 7) is 3.94. The summed E-state index contributed by atoms with van der Waals surface area (Å²) in [6.07, 6.45) is 2.53. The van der Waals surface area contributed by atoms with E-state index in [0.29, 0.717) is 5.56 Å². The Balaban J connectivity index is 2.01. The van der Waals surface area contributed by atoms with Gasteiger partial charge in [-0.2, -0.15) is 0 Å². The summed E-state index contributed by atoms with van der Waals surface area (Å²) in [7, 11) is 0. The smallest absolute Gasteiger partial charge is 0.248 e. The van der Waals surface area contributed by atoms with E-state index >= 15 is 0 Å².